The first-order valence-electron chi connectivity index (χ1n) is 5.58. The number of nitrogens with one attached hydrogen (secondary N) is 1. The Kier molecular flexibility index (Phi) is 2.45. The molecule has 0 saturated carbocycles. The Labute approximate surface area is 98.8 Å². The highest BCUT2D eigenvalue weighted by Gasteiger charge is 2.33. The molecule has 1 aromatic carbocycles. The normalized spacial score (nSPS) is 29.5. The van der Waals surface area contributed by atoms with Gasteiger partial charge in [0.25, 0.3) is 0 Å². The maximum absolute atomic E-state index is 3.58. The predicted molar refractivity (Wildman–Crippen MR) is 66.3 cm³/mol. The van der Waals surface area contributed by atoms with Crippen LogP contribution in [0.15, 0.2) is 28.7 Å². The lowest BCUT2D eigenvalue weighted by Crippen LogP contribution is -2.61. The number of piperidine rings is 2. The maximum Gasteiger partial charge on any atom is 0.0415 e. The Balaban J connectivity index is 1.85. The lowest BCUT2D eigenvalue weighted by molar-refractivity contribution is 0.290. The van der Waals surface area contributed by atoms with Gasteiger partial charge in [-0.25, -0.2) is 0 Å². The highest BCUT2D eigenvalue weighted by molar-refractivity contribution is 9.10. The maximum atomic E-state index is 3.58. The minimum Gasteiger partial charge on any atom is -0.366 e. The van der Waals surface area contributed by atoms with Crippen LogP contribution in [0.3, 0.4) is 0 Å². The highest BCUT2D eigenvalue weighted by atomic mass is 79.9. The van der Waals surface area contributed by atoms with E-state index in [1.54, 1.807) is 0 Å². The van der Waals surface area contributed by atoms with Gasteiger partial charge >= 0.3 is 0 Å². The second-order valence-corrected chi connectivity index (χ2v) is 5.38. The van der Waals surface area contributed by atoms with E-state index in [9.17, 15) is 0 Å². The van der Waals surface area contributed by atoms with Crippen LogP contribution in [0.1, 0.15) is 12.8 Å². The average Bonchev–Trinajstić information content (AvgIpc) is 2.31. The van der Waals surface area contributed by atoms with Gasteiger partial charge in [0.05, 0.1) is 0 Å². The van der Waals surface area contributed by atoms with E-state index in [0.717, 1.165) is 11.0 Å². The number of anilines is 1. The van der Waals surface area contributed by atoms with Crippen molar-refractivity contribution in [2.24, 2.45) is 0 Å². The molecule has 3 heteroatoms. The molecule has 2 nitrogen and oxygen atoms in total. The molecule has 0 aliphatic carbocycles. The second kappa shape index (κ2) is 3.80. The third-order valence-electron chi connectivity index (χ3n) is 3.51. The number of halogens is 1. The van der Waals surface area contributed by atoms with E-state index in [4.69, 9.17) is 0 Å². The molecule has 2 unspecified atom stereocenters. The summed E-state index contributed by atoms with van der Waals surface area (Å²) in [6, 6.07) is 10.1. The van der Waals surface area contributed by atoms with Crippen LogP contribution in [0.2, 0.25) is 0 Å². The first-order valence-corrected chi connectivity index (χ1v) is 6.38. The SMILES string of the molecule is Brc1ccc(N2CC3CCC2CN3)cc1. The number of piperazine rings is 1. The topological polar surface area (TPSA) is 15.3 Å². The molecule has 3 aliphatic heterocycles. The molecule has 80 valence electrons. The Bertz CT molecular complexity index is 341. The summed E-state index contributed by atoms with van der Waals surface area (Å²) in [5, 5.41) is 3.58. The van der Waals surface area contributed by atoms with Crippen LogP contribution in [0.4, 0.5) is 5.69 Å². The van der Waals surface area contributed by atoms with E-state index < -0.39 is 0 Å². The Morgan fingerprint density at radius 1 is 1.20 bits per heavy atom. The average molecular weight is 267 g/mol. The van der Waals surface area contributed by atoms with E-state index in [1.807, 2.05) is 0 Å². The van der Waals surface area contributed by atoms with Crippen molar-refractivity contribution in [3.8, 4) is 0 Å². The zero-order chi connectivity index (χ0) is 10.3. The monoisotopic (exact) mass is 266 g/mol. The molecule has 3 heterocycles. The summed E-state index contributed by atoms with van der Waals surface area (Å²) in [7, 11) is 0. The molecular formula is C12H15BrN2. The van der Waals surface area contributed by atoms with Crippen LogP contribution in [-0.4, -0.2) is 25.2 Å². The summed E-state index contributed by atoms with van der Waals surface area (Å²) in [6.07, 6.45) is 2.69. The minimum atomic E-state index is 0.705. The summed E-state index contributed by atoms with van der Waals surface area (Å²) in [4.78, 5) is 2.55. The van der Waals surface area contributed by atoms with Crippen molar-refractivity contribution in [2.75, 3.05) is 18.0 Å². The Morgan fingerprint density at radius 2 is 2.00 bits per heavy atom. The van der Waals surface area contributed by atoms with E-state index in [2.05, 4.69) is 50.4 Å². The van der Waals surface area contributed by atoms with E-state index >= 15 is 0 Å². The molecule has 0 spiro atoms. The van der Waals surface area contributed by atoms with Crippen LogP contribution >= 0.6 is 15.9 Å². The van der Waals surface area contributed by atoms with Gasteiger partial charge in [-0.2, -0.15) is 0 Å². The third-order valence-corrected chi connectivity index (χ3v) is 4.04. The number of rotatable bonds is 1. The molecule has 2 bridgehead atoms. The van der Waals surface area contributed by atoms with Crippen molar-refractivity contribution >= 4 is 21.6 Å². The zero-order valence-corrected chi connectivity index (χ0v) is 10.2. The highest BCUT2D eigenvalue weighted by Crippen LogP contribution is 2.28. The van der Waals surface area contributed by atoms with Gasteiger partial charge in [-0.05, 0) is 37.1 Å². The summed E-state index contributed by atoms with van der Waals surface area (Å²) in [5.41, 5.74) is 1.37. The quantitative estimate of drug-likeness (QED) is 0.840. The van der Waals surface area contributed by atoms with Crippen molar-refractivity contribution < 1.29 is 0 Å². The molecule has 1 aromatic rings. The molecule has 0 aromatic heterocycles. The molecule has 3 saturated heterocycles. The number of hydrogen-bond acceptors (Lipinski definition) is 2. The van der Waals surface area contributed by atoms with Gasteiger partial charge in [-0.1, -0.05) is 15.9 Å². The van der Waals surface area contributed by atoms with E-state index in [0.29, 0.717) is 12.1 Å². The van der Waals surface area contributed by atoms with Gasteiger partial charge in [-0.15, -0.1) is 0 Å². The van der Waals surface area contributed by atoms with Gasteiger partial charge in [-0.3, -0.25) is 0 Å². The largest absolute Gasteiger partial charge is 0.366 e. The molecule has 0 radical (unpaired) electrons. The predicted octanol–water partition coefficient (Wildman–Crippen LogP) is 2.39. The molecular weight excluding hydrogens is 252 g/mol. The van der Waals surface area contributed by atoms with Crippen molar-refractivity contribution in [3.05, 3.63) is 28.7 Å². The van der Waals surface area contributed by atoms with Crippen LogP contribution in [-0.2, 0) is 0 Å². The summed E-state index contributed by atoms with van der Waals surface area (Å²) in [6.45, 7) is 2.33. The lowest BCUT2D eigenvalue weighted by atomic mass is 9.92. The first kappa shape index (κ1) is 9.67. The van der Waals surface area contributed by atoms with Gasteiger partial charge < -0.3 is 10.2 Å². The van der Waals surface area contributed by atoms with Gasteiger partial charge in [0.2, 0.25) is 0 Å². The second-order valence-electron chi connectivity index (χ2n) is 4.47. The fourth-order valence-electron chi connectivity index (χ4n) is 2.66. The summed E-state index contributed by atoms with van der Waals surface area (Å²) in [5.74, 6) is 0. The smallest absolute Gasteiger partial charge is 0.0415 e. The molecule has 2 atom stereocenters. The summed E-state index contributed by atoms with van der Waals surface area (Å²) >= 11 is 3.48. The number of fused-ring (bicyclic) bond motifs is 3. The zero-order valence-electron chi connectivity index (χ0n) is 8.62. The van der Waals surface area contributed by atoms with Gasteiger partial charge in [0, 0.05) is 35.3 Å². The van der Waals surface area contributed by atoms with Crippen molar-refractivity contribution in [1.82, 2.24) is 5.32 Å². The van der Waals surface area contributed by atoms with Gasteiger partial charge in [0.1, 0.15) is 0 Å². The Morgan fingerprint density at radius 3 is 2.53 bits per heavy atom. The minimum absolute atomic E-state index is 0.705. The fraction of sp³-hybridized carbons (Fsp3) is 0.500. The van der Waals surface area contributed by atoms with Crippen molar-refractivity contribution in [3.63, 3.8) is 0 Å². The molecule has 1 N–H and O–H groups in total. The van der Waals surface area contributed by atoms with Crippen LogP contribution < -0.4 is 10.2 Å². The molecule has 3 fully saturated rings. The van der Waals surface area contributed by atoms with Crippen molar-refractivity contribution in [1.29, 1.82) is 0 Å². The third kappa shape index (κ3) is 1.79. The summed E-state index contributed by atoms with van der Waals surface area (Å²) < 4.78 is 1.16. The number of nitrogens with zero attached hydrogens (tertiary/aromatic N) is 1. The van der Waals surface area contributed by atoms with Crippen LogP contribution in [0.5, 0.6) is 0 Å². The first-order chi connectivity index (χ1) is 7.33. The van der Waals surface area contributed by atoms with Crippen LogP contribution in [0.25, 0.3) is 0 Å². The van der Waals surface area contributed by atoms with Crippen LogP contribution in [0, 0.1) is 0 Å². The molecule has 4 rings (SSSR count). The van der Waals surface area contributed by atoms with E-state index in [1.165, 1.54) is 25.1 Å². The fourth-order valence-corrected chi connectivity index (χ4v) is 2.92. The van der Waals surface area contributed by atoms with Gasteiger partial charge in [0.15, 0.2) is 0 Å². The van der Waals surface area contributed by atoms with E-state index in [-0.39, 0.29) is 0 Å². The molecule has 15 heavy (non-hydrogen) atoms. The Hall–Kier alpha value is -0.540. The van der Waals surface area contributed by atoms with Crippen molar-refractivity contribution in [2.45, 2.75) is 24.9 Å². The molecule has 0 amide bonds. The lowest BCUT2D eigenvalue weighted by Gasteiger charge is -2.47. The number of hydrogen-bond donors (Lipinski definition) is 1. The standard InChI is InChI=1S/C12H15BrN2/c13-9-1-4-11(5-2-9)15-8-10-3-6-12(15)7-14-10/h1-2,4-5,10,12,14H,3,6-8H2. The molecule has 3 aliphatic rings. The number of benzene rings is 1.